The molecule has 0 aromatic carbocycles. The van der Waals surface area contributed by atoms with Crippen molar-refractivity contribution in [3.05, 3.63) is 11.6 Å². The smallest absolute Gasteiger partial charge is 0.140 e. The van der Waals surface area contributed by atoms with Gasteiger partial charge >= 0.3 is 0 Å². The molecular formula is C16H26O. The summed E-state index contributed by atoms with van der Waals surface area (Å²) in [7, 11) is 0. The van der Waals surface area contributed by atoms with E-state index in [1.54, 1.807) is 5.57 Å². The first-order chi connectivity index (χ1) is 7.93. The highest BCUT2D eigenvalue weighted by Crippen LogP contribution is 2.63. The Labute approximate surface area is 106 Å². The van der Waals surface area contributed by atoms with Gasteiger partial charge in [-0.3, -0.25) is 4.79 Å². The third kappa shape index (κ3) is 1.78. The second-order valence-electron chi connectivity index (χ2n) is 6.81. The third-order valence-corrected chi connectivity index (χ3v) is 4.95. The molecule has 0 saturated heterocycles. The van der Waals surface area contributed by atoms with E-state index in [-0.39, 0.29) is 16.7 Å². The lowest BCUT2D eigenvalue weighted by molar-refractivity contribution is -0.133. The van der Waals surface area contributed by atoms with E-state index in [1.165, 1.54) is 25.7 Å². The van der Waals surface area contributed by atoms with Gasteiger partial charge in [0.15, 0.2) is 0 Å². The van der Waals surface area contributed by atoms with Gasteiger partial charge in [0.2, 0.25) is 0 Å². The molecule has 0 radical (unpaired) electrons. The average Bonchev–Trinajstić information content (AvgIpc) is 2.19. The zero-order valence-corrected chi connectivity index (χ0v) is 11.8. The van der Waals surface area contributed by atoms with Crippen molar-refractivity contribution >= 4 is 5.78 Å². The van der Waals surface area contributed by atoms with Crippen molar-refractivity contribution < 1.29 is 4.79 Å². The highest BCUT2D eigenvalue weighted by molar-refractivity contribution is 5.87. The van der Waals surface area contributed by atoms with Crippen LogP contribution in [0.1, 0.15) is 66.2 Å². The van der Waals surface area contributed by atoms with Crippen molar-refractivity contribution in [3.8, 4) is 0 Å². The fourth-order valence-corrected chi connectivity index (χ4v) is 3.97. The van der Waals surface area contributed by atoms with Gasteiger partial charge in [-0.2, -0.15) is 0 Å². The topological polar surface area (TPSA) is 17.1 Å². The largest absolute Gasteiger partial charge is 0.299 e. The van der Waals surface area contributed by atoms with Gasteiger partial charge in [0.1, 0.15) is 5.78 Å². The minimum Gasteiger partial charge on any atom is -0.299 e. The molecule has 1 saturated carbocycles. The summed E-state index contributed by atoms with van der Waals surface area (Å²) in [5, 5.41) is 0. The van der Waals surface area contributed by atoms with Crippen molar-refractivity contribution in [1.82, 2.24) is 0 Å². The lowest BCUT2D eigenvalue weighted by Crippen LogP contribution is -2.54. The van der Waals surface area contributed by atoms with Gasteiger partial charge in [0.25, 0.3) is 0 Å². The fourth-order valence-electron chi connectivity index (χ4n) is 3.97. The number of carbonyl (C=O) groups is 1. The van der Waals surface area contributed by atoms with Crippen LogP contribution < -0.4 is 0 Å². The number of ketones is 1. The van der Waals surface area contributed by atoms with Crippen molar-refractivity contribution in [2.45, 2.75) is 66.2 Å². The summed E-state index contributed by atoms with van der Waals surface area (Å²) in [4.78, 5) is 12.1. The second kappa shape index (κ2) is 4.26. The van der Waals surface area contributed by atoms with E-state index in [1.807, 2.05) is 0 Å². The lowest BCUT2D eigenvalue weighted by Gasteiger charge is -2.59. The maximum Gasteiger partial charge on any atom is 0.140 e. The Hall–Kier alpha value is -0.590. The molecular weight excluding hydrogens is 208 g/mol. The molecule has 0 amide bonds. The van der Waals surface area contributed by atoms with Gasteiger partial charge in [-0.25, -0.2) is 0 Å². The van der Waals surface area contributed by atoms with Gasteiger partial charge in [0, 0.05) is 17.8 Å². The minimum atomic E-state index is 0.206. The van der Waals surface area contributed by atoms with Crippen molar-refractivity contribution in [3.63, 3.8) is 0 Å². The highest BCUT2D eigenvalue weighted by atomic mass is 16.1. The first kappa shape index (κ1) is 12.9. The average molecular weight is 234 g/mol. The molecule has 0 heterocycles. The van der Waals surface area contributed by atoms with Crippen LogP contribution in [0.5, 0.6) is 0 Å². The molecule has 0 aromatic heterocycles. The van der Waals surface area contributed by atoms with Crippen LogP contribution in [0.3, 0.4) is 0 Å². The summed E-state index contributed by atoms with van der Waals surface area (Å²) in [5.41, 5.74) is 2.02. The summed E-state index contributed by atoms with van der Waals surface area (Å²) in [6, 6.07) is 0. The third-order valence-electron chi connectivity index (χ3n) is 4.95. The Balaban J connectivity index is 2.29. The zero-order valence-electron chi connectivity index (χ0n) is 11.8. The number of rotatable bonds is 3. The Kier molecular flexibility index (Phi) is 3.22. The van der Waals surface area contributed by atoms with Crippen LogP contribution in [0.15, 0.2) is 11.6 Å². The quantitative estimate of drug-likeness (QED) is 0.656. The maximum absolute atomic E-state index is 12.1. The predicted molar refractivity (Wildman–Crippen MR) is 71.8 cm³/mol. The normalized spacial score (nSPS) is 32.8. The van der Waals surface area contributed by atoms with Crippen molar-refractivity contribution in [2.75, 3.05) is 0 Å². The van der Waals surface area contributed by atoms with E-state index in [0.717, 1.165) is 12.8 Å². The Morgan fingerprint density at radius 1 is 1.41 bits per heavy atom. The summed E-state index contributed by atoms with van der Waals surface area (Å²) >= 11 is 0. The molecule has 0 bridgehead atoms. The maximum atomic E-state index is 12.1. The molecule has 0 N–H and O–H groups in total. The summed E-state index contributed by atoms with van der Waals surface area (Å²) in [5.74, 6) is 0.731. The molecule has 2 aliphatic rings. The minimum absolute atomic E-state index is 0.206. The Morgan fingerprint density at radius 2 is 2.12 bits per heavy atom. The molecule has 17 heavy (non-hydrogen) atoms. The molecule has 96 valence electrons. The predicted octanol–water partition coefficient (Wildman–Crippen LogP) is 4.52. The van der Waals surface area contributed by atoms with E-state index in [4.69, 9.17) is 0 Å². The van der Waals surface area contributed by atoms with E-state index in [0.29, 0.717) is 5.78 Å². The lowest BCUT2D eigenvalue weighted by atomic mass is 9.44. The van der Waals surface area contributed by atoms with Gasteiger partial charge in [0.05, 0.1) is 0 Å². The summed E-state index contributed by atoms with van der Waals surface area (Å²) < 4.78 is 0. The summed E-state index contributed by atoms with van der Waals surface area (Å²) in [6.45, 7) is 9.19. The summed E-state index contributed by atoms with van der Waals surface area (Å²) in [6.07, 6.45) is 9.14. The molecule has 2 unspecified atom stereocenters. The van der Waals surface area contributed by atoms with Gasteiger partial charge in [-0.15, -0.1) is 0 Å². The van der Waals surface area contributed by atoms with E-state index >= 15 is 0 Å². The van der Waals surface area contributed by atoms with E-state index in [2.05, 4.69) is 33.8 Å². The van der Waals surface area contributed by atoms with Gasteiger partial charge in [-0.05, 0) is 31.1 Å². The van der Waals surface area contributed by atoms with Crippen LogP contribution in [0.2, 0.25) is 0 Å². The number of unbranched alkanes of at least 4 members (excludes halogenated alkanes) is 1. The van der Waals surface area contributed by atoms with Gasteiger partial charge < -0.3 is 0 Å². The number of hydrogen-bond donors (Lipinski definition) is 0. The van der Waals surface area contributed by atoms with Crippen LogP contribution in [0, 0.1) is 16.7 Å². The number of Topliss-reactive ketones (excluding diaryl/α,β-unsaturated/α-hetero) is 1. The number of allylic oxidation sites excluding steroid dienone is 2. The molecule has 1 nitrogen and oxygen atoms in total. The Bertz CT molecular complexity index is 345. The highest BCUT2D eigenvalue weighted by Gasteiger charge is 2.58. The molecule has 1 fully saturated rings. The SMILES string of the molecule is CCCCC1=CC2C(=O)CCCC12C(C)(C)C. The van der Waals surface area contributed by atoms with Crippen LogP contribution in [-0.2, 0) is 4.79 Å². The van der Waals surface area contributed by atoms with E-state index in [9.17, 15) is 4.79 Å². The molecule has 0 aromatic rings. The second-order valence-corrected chi connectivity index (χ2v) is 6.81. The van der Waals surface area contributed by atoms with Gasteiger partial charge in [-0.1, -0.05) is 45.8 Å². The van der Waals surface area contributed by atoms with Crippen LogP contribution in [-0.4, -0.2) is 5.78 Å². The molecule has 0 aliphatic heterocycles. The van der Waals surface area contributed by atoms with Crippen molar-refractivity contribution in [2.24, 2.45) is 16.7 Å². The van der Waals surface area contributed by atoms with E-state index < -0.39 is 0 Å². The first-order valence-corrected chi connectivity index (χ1v) is 7.17. The van der Waals surface area contributed by atoms with Crippen molar-refractivity contribution in [1.29, 1.82) is 0 Å². The number of fused-ring (bicyclic) bond motifs is 1. The van der Waals surface area contributed by atoms with Crippen LogP contribution >= 0.6 is 0 Å². The monoisotopic (exact) mass is 234 g/mol. The number of carbonyl (C=O) groups excluding carboxylic acids is 1. The molecule has 0 spiro atoms. The molecule has 2 aliphatic carbocycles. The zero-order chi connectivity index (χ0) is 12.7. The Morgan fingerprint density at radius 3 is 2.71 bits per heavy atom. The molecule has 1 heteroatoms. The molecule has 2 atom stereocenters. The standard InChI is InChI=1S/C16H26O/c1-5-6-8-12-11-13-14(17)9-7-10-16(12,13)15(2,3)4/h11,13H,5-10H2,1-4H3. The van der Waals surface area contributed by atoms with Crippen LogP contribution in [0.4, 0.5) is 0 Å². The molecule has 2 rings (SSSR count). The van der Waals surface area contributed by atoms with Crippen LogP contribution in [0.25, 0.3) is 0 Å². The fraction of sp³-hybridized carbons (Fsp3) is 0.812. The first-order valence-electron chi connectivity index (χ1n) is 7.17. The number of hydrogen-bond acceptors (Lipinski definition) is 1.